The molecule has 3 heteroatoms. The summed E-state index contributed by atoms with van der Waals surface area (Å²) >= 11 is 0. The van der Waals surface area contributed by atoms with Gasteiger partial charge in [-0.2, -0.15) is 0 Å². The lowest BCUT2D eigenvalue weighted by Crippen LogP contribution is -2.26. The molecule has 0 fully saturated rings. The van der Waals surface area contributed by atoms with Crippen LogP contribution in [0.1, 0.15) is 39.6 Å². The van der Waals surface area contributed by atoms with Crippen molar-refractivity contribution in [2.45, 2.75) is 25.9 Å². The number of hydrogen-bond acceptors (Lipinski definition) is 2. The molecule has 22 heavy (non-hydrogen) atoms. The minimum absolute atomic E-state index is 0.0195. The number of carbonyl (C=O) groups is 1. The fourth-order valence-electron chi connectivity index (χ4n) is 2.67. The number of hydrogen-bond donors (Lipinski definition) is 1. The van der Waals surface area contributed by atoms with E-state index in [2.05, 4.69) is 29.6 Å². The van der Waals surface area contributed by atoms with Gasteiger partial charge in [0.15, 0.2) is 0 Å². The fraction of sp³-hybridized carbons (Fsp3) is 0.316. The van der Waals surface area contributed by atoms with Gasteiger partial charge in [0.1, 0.15) is 0 Å². The van der Waals surface area contributed by atoms with Gasteiger partial charge in [-0.1, -0.05) is 42.0 Å². The van der Waals surface area contributed by atoms with E-state index >= 15 is 0 Å². The molecule has 1 N–H and O–H groups in total. The second kappa shape index (κ2) is 6.75. The van der Waals surface area contributed by atoms with Gasteiger partial charge in [0, 0.05) is 25.1 Å². The molecule has 2 aromatic rings. The monoisotopic (exact) mass is 295 g/mol. The van der Waals surface area contributed by atoms with Crippen LogP contribution in [0.4, 0.5) is 0 Å². The minimum Gasteiger partial charge on any atom is -0.373 e. The number of aryl methyl sites for hydroxylation is 1. The van der Waals surface area contributed by atoms with Crippen molar-refractivity contribution >= 4 is 5.91 Å². The summed E-state index contributed by atoms with van der Waals surface area (Å²) in [5.41, 5.74) is 4.57. The summed E-state index contributed by atoms with van der Waals surface area (Å²) in [7, 11) is 0. The number of amides is 1. The number of nitrogens with one attached hydrogen (secondary N) is 1. The highest BCUT2D eigenvalue weighted by molar-refractivity contribution is 5.94. The molecule has 3 rings (SSSR count). The van der Waals surface area contributed by atoms with Gasteiger partial charge in [0.2, 0.25) is 0 Å². The van der Waals surface area contributed by atoms with E-state index in [0.717, 1.165) is 18.4 Å². The van der Waals surface area contributed by atoms with Crippen molar-refractivity contribution < 1.29 is 9.53 Å². The topological polar surface area (TPSA) is 38.3 Å². The molecule has 1 aliphatic carbocycles. The lowest BCUT2D eigenvalue weighted by molar-refractivity contribution is 0.0356. The maximum absolute atomic E-state index is 11.9. The summed E-state index contributed by atoms with van der Waals surface area (Å²) in [5.74, 6) is -0.0195. The molecule has 114 valence electrons. The molecule has 1 amide bonds. The first-order chi connectivity index (χ1) is 10.7. The molecule has 0 spiro atoms. The smallest absolute Gasteiger partial charge is 0.251 e. The summed E-state index contributed by atoms with van der Waals surface area (Å²) in [6.45, 7) is 3.33. The first-order valence-corrected chi connectivity index (χ1v) is 7.78. The second-order valence-corrected chi connectivity index (χ2v) is 5.74. The number of rotatable bonds is 6. The Hall–Kier alpha value is -2.13. The van der Waals surface area contributed by atoms with Crippen molar-refractivity contribution in [3.05, 3.63) is 70.8 Å². The third-order valence-corrected chi connectivity index (χ3v) is 4.05. The first kappa shape index (κ1) is 14.8. The van der Waals surface area contributed by atoms with E-state index in [1.54, 1.807) is 0 Å². The molecule has 3 nitrogen and oxygen atoms in total. The summed E-state index contributed by atoms with van der Waals surface area (Å²) in [6.07, 6.45) is 2.08. The van der Waals surface area contributed by atoms with Crippen LogP contribution in [0.15, 0.2) is 48.5 Å². The molecule has 1 unspecified atom stereocenters. The molecular weight excluding hydrogens is 274 g/mol. The van der Waals surface area contributed by atoms with Crippen molar-refractivity contribution in [3.8, 4) is 0 Å². The van der Waals surface area contributed by atoms with Crippen LogP contribution in [0.5, 0.6) is 0 Å². The van der Waals surface area contributed by atoms with Crippen LogP contribution in [0.25, 0.3) is 0 Å². The van der Waals surface area contributed by atoms with E-state index in [0.29, 0.717) is 18.7 Å². The highest BCUT2D eigenvalue weighted by atomic mass is 16.5. The predicted octanol–water partition coefficient (Wildman–Crippen LogP) is 3.43. The van der Waals surface area contributed by atoms with Gasteiger partial charge in [-0.25, -0.2) is 0 Å². The third kappa shape index (κ3) is 3.37. The Morgan fingerprint density at radius 2 is 1.95 bits per heavy atom. The summed E-state index contributed by atoms with van der Waals surface area (Å²) in [5, 5.41) is 2.93. The van der Waals surface area contributed by atoms with Crippen molar-refractivity contribution in [1.29, 1.82) is 0 Å². The number of ether oxygens (including phenoxy) is 1. The quantitative estimate of drug-likeness (QED) is 0.829. The van der Waals surface area contributed by atoms with Crippen LogP contribution in [0, 0.1) is 6.92 Å². The van der Waals surface area contributed by atoms with Crippen LogP contribution in [-0.4, -0.2) is 19.1 Å². The zero-order chi connectivity index (χ0) is 15.4. The van der Waals surface area contributed by atoms with E-state index in [9.17, 15) is 4.79 Å². The lowest BCUT2D eigenvalue weighted by atomic mass is 9.85. The van der Waals surface area contributed by atoms with Crippen molar-refractivity contribution in [2.75, 3.05) is 13.2 Å². The van der Waals surface area contributed by atoms with E-state index in [-0.39, 0.29) is 12.0 Å². The molecule has 0 heterocycles. The van der Waals surface area contributed by atoms with Gasteiger partial charge in [0.05, 0.1) is 6.10 Å². The maximum Gasteiger partial charge on any atom is 0.251 e. The van der Waals surface area contributed by atoms with Crippen LogP contribution < -0.4 is 5.32 Å². The standard InChI is InChI=1S/C19H21NO2/c1-14-7-9-15(10-8-14)19(21)20-11-4-12-22-18-13-16-5-2-3-6-17(16)18/h2-3,5-10,18H,4,11-13H2,1H3,(H,20,21). The Morgan fingerprint density at radius 3 is 2.73 bits per heavy atom. The van der Waals surface area contributed by atoms with Crippen LogP contribution in [-0.2, 0) is 11.2 Å². The number of carbonyl (C=O) groups excluding carboxylic acids is 1. The SMILES string of the molecule is Cc1ccc(C(=O)NCCCOC2Cc3ccccc32)cc1. The van der Waals surface area contributed by atoms with Gasteiger partial charge >= 0.3 is 0 Å². The summed E-state index contributed by atoms with van der Waals surface area (Å²) in [4.78, 5) is 11.9. The molecular formula is C19H21NO2. The lowest BCUT2D eigenvalue weighted by Gasteiger charge is -2.29. The average Bonchev–Trinajstić information content (AvgIpc) is 2.51. The van der Waals surface area contributed by atoms with E-state index in [4.69, 9.17) is 4.74 Å². The maximum atomic E-state index is 11.9. The molecule has 0 radical (unpaired) electrons. The minimum atomic E-state index is -0.0195. The Balaban J connectivity index is 1.35. The van der Waals surface area contributed by atoms with Gasteiger partial charge in [-0.15, -0.1) is 0 Å². The molecule has 0 aromatic heterocycles. The van der Waals surface area contributed by atoms with Gasteiger partial charge < -0.3 is 10.1 Å². The van der Waals surface area contributed by atoms with Crippen molar-refractivity contribution in [2.24, 2.45) is 0 Å². The first-order valence-electron chi connectivity index (χ1n) is 7.78. The zero-order valence-electron chi connectivity index (χ0n) is 12.8. The number of benzene rings is 2. The Bertz CT molecular complexity index is 649. The zero-order valence-corrected chi connectivity index (χ0v) is 12.8. The molecule has 1 atom stereocenters. The summed E-state index contributed by atoms with van der Waals surface area (Å²) in [6, 6.07) is 16.0. The van der Waals surface area contributed by atoms with Crippen LogP contribution >= 0.6 is 0 Å². The van der Waals surface area contributed by atoms with Gasteiger partial charge in [-0.05, 0) is 36.6 Å². The molecule has 2 aromatic carbocycles. The molecule has 0 aliphatic heterocycles. The van der Waals surface area contributed by atoms with E-state index < -0.39 is 0 Å². The van der Waals surface area contributed by atoms with Crippen molar-refractivity contribution in [3.63, 3.8) is 0 Å². The molecule has 0 bridgehead atoms. The third-order valence-electron chi connectivity index (χ3n) is 4.05. The Labute approximate surface area is 131 Å². The molecule has 0 saturated carbocycles. The average molecular weight is 295 g/mol. The molecule has 1 aliphatic rings. The van der Waals surface area contributed by atoms with Crippen LogP contribution in [0.2, 0.25) is 0 Å². The summed E-state index contributed by atoms with van der Waals surface area (Å²) < 4.78 is 5.86. The largest absolute Gasteiger partial charge is 0.373 e. The predicted molar refractivity (Wildman–Crippen MR) is 87.0 cm³/mol. The normalized spacial score (nSPS) is 15.8. The van der Waals surface area contributed by atoms with Gasteiger partial charge in [0.25, 0.3) is 5.91 Å². The Kier molecular flexibility index (Phi) is 4.54. The second-order valence-electron chi connectivity index (χ2n) is 5.74. The van der Waals surface area contributed by atoms with E-state index in [1.165, 1.54) is 11.1 Å². The van der Waals surface area contributed by atoms with Crippen molar-refractivity contribution in [1.82, 2.24) is 5.32 Å². The molecule has 0 saturated heterocycles. The van der Waals surface area contributed by atoms with Crippen LogP contribution in [0.3, 0.4) is 0 Å². The highest BCUT2D eigenvalue weighted by Crippen LogP contribution is 2.35. The highest BCUT2D eigenvalue weighted by Gasteiger charge is 2.25. The fourth-order valence-corrected chi connectivity index (χ4v) is 2.67. The number of fused-ring (bicyclic) bond motifs is 1. The van der Waals surface area contributed by atoms with E-state index in [1.807, 2.05) is 31.2 Å². The Morgan fingerprint density at radius 1 is 1.18 bits per heavy atom. The van der Waals surface area contributed by atoms with Gasteiger partial charge in [-0.3, -0.25) is 4.79 Å².